The molecule has 2 aromatic rings. The van der Waals surface area contributed by atoms with Gasteiger partial charge in [-0.2, -0.15) is 0 Å². The second-order valence-corrected chi connectivity index (χ2v) is 7.61. The third-order valence-corrected chi connectivity index (χ3v) is 5.76. The number of rotatable bonds is 5. The molecule has 0 saturated carbocycles. The molecule has 1 fully saturated rings. The van der Waals surface area contributed by atoms with E-state index in [1.54, 1.807) is 0 Å². The van der Waals surface area contributed by atoms with E-state index in [1.165, 1.54) is 5.56 Å². The third kappa shape index (κ3) is 3.46. The Morgan fingerprint density at radius 1 is 1.21 bits per heavy atom. The van der Waals surface area contributed by atoms with E-state index in [2.05, 4.69) is 27.3 Å². The van der Waals surface area contributed by atoms with Crippen LogP contribution in [0.5, 0.6) is 0 Å². The lowest BCUT2D eigenvalue weighted by Gasteiger charge is -2.16. The Bertz CT molecular complexity index is 930. The number of hydrogen-bond donors (Lipinski definition) is 2. The highest BCUT2D eigenvalue weighted by Crippen LogP contribution is 2.31. The molecule has 1 aromatic carbocycles. The highest BCUT2D eigenvalue weighted by molar-refractivity contribution is 6.01. The van der Waals surface area contributed by atoms with Crippen molar-refractivity contribution in [2.45, 2.75) is 51.6 Å². The summed E-state index contributed by atoms with van der Waals surface area (Å²) in [5.41, 5.74) is 4.71. The fourth-order valence-corrected chi connectivity index (χ4v) is 4.32. The molecule has 2 amide bonds. The molecule has 1 atom stereocenters. The first-order valence-electron chi connectivity index (χ1n) is 9.89. The van der Waals surface area contributed by atoms with Gasteiger partial charge in [0.2, 0.25) is 11.8 Å². The molecular formula is C22H25N3O3. The first-order valence-corrected chi connectivity index (χ1v) is 9.89. The summed E-state index contributed by atoms with van der Waals surface area (Å²) in [5.74, 6) is -0.217. The maximum Gasteiger partial charge on any atom is 0.242 e. The summed E-state index contributed by atoms with van der Waals surface area (Å²) in [6.07, 6.45) is 2.96. The minimum Gasteiger partial charge on any atom is -0.354 e. The molecule has 0 spiro atoms. The van der Waals surface area contributed by atoms with E-state index in [0.29, 0.717) is 25.9 Å². The van der Waals surface area contributed by atoms with Gasteiger partial charge in [0.1, 0.15) is 6.04 Å². The predicted octanol–water partition coefficient (Wildman–Crippen LogP) is 1.91. The van der Waals surface area contributed by atoms with Gasteiger partial charge in [-0.15, -0.1) is 0 Å². The molecule has 0 bridgehead atoms. The summed E-state index contributed by atoms with van der Waals surface area (Å²) in [6, 6.07) is 9.67. The lowest BCUT2D eigenvalue weighted by atomic mass is 9.92. The minimum absolute atomic E-state index is 0.123. The van der Waals surface area contributed by atoms with Crippen LogP contribution in [-0.2, 0) is 29.0 Å². The van der Waals surface area contributed by atoms with Crippen LogP contribution in [0.4, 0.5) is 0 Å². The molecule has 1 aliphatic carbocycles. The number of carbonyl (C=O) groups is 3. The van der Waals surface area contributed by atoms with Gasteiger partial charge >= 0.3 is 0 Å². The summed E-state index contributed by atoms with van der Waals surface area (Å²) in [6.45, 7) is 3.26. The molecule has 0 unspecified atom stereocenters. The van der Waals surface area contributed by atoms with Crippen molar-refractivity contribution in [1.82, 2.24) is 15.2 Å². The van der Waals surface area contributed by atoms with Crippen molar-refractivity contribution < 1.29 is 14.4 Å². The number of Topliss-reactive ketones (excluding diaryl/α,β-unsaturated/α-hetero) is 1. The summed E-state index contributed by atoms with van der Waals surface area (Å²) in [4.78, 5) is 37.0. The molecule has 1 aliphatic heterocycles. The van der Waals surface area contributed by atoms with E-state index in [1.807, 2.05) is 25.1 Å². The zero-order chi connectivity index (χ0) is 19.7. The SMILES string of the molecule is Cc1c(CC(=O)N[C@@H]2CCNC2=O)c2c(n1Cc1ccccc1)CCCC2=O. The molecular weight excluding hydrogens is 354 g/mol. The van der Waals surface area contributed by atoms with Gasteiger partial charge < -0.3 is 15.2 Å². The molecule has 6 nitrogen and oxygen atoms in total. The Balaban J connectivity index is 1.63. The van der Waals surface area contributed by atoms with Crippen molar-refractivity contribution >= 4 is 17.6 Å². The van der Waals surface area contributed by atoms with Crippen LogP contribution in [0.15, 0.2) is 30.3 Å². The molecule has 28 heavy (non-hydrogen) atoms. The smallest absolute Gasteiger partial charge is 0.242 e. The number of carbonyl (C=O) groups excluding carboxylic acids is 3. The van der Waals surface area contributed by atoms with E-state index in [9.17, 15) is 14.4 Å². The highest BCUT2D eigenvalue weighted by atomic mass is 16.2. The first kappa shape index (κ1) is 18.5. The summed E-state index contributed by atoms with van der Waals surface area (Å²) < 4.78 is 2.19. The number of aromatic nitrogens is 1. The summed E-state index contributed by atoms with van der Waals surface area (Å²) in [7, 11) is 0. The van der Waals surface area contributed by atoms with Gasteiger partial charge in [-0.3, -0.25) is 14.4 Å². The van der Waals surface area contributed by atoms with E-state index in [0.717, 1.165) is 35.4 Å². The number of benzene rings is 1. The zero-order valence-electron chi connectivity index (χ0n) is 16.1. The van der Waals surface area contributed by atoms with Crippen molar-refractivity contribution in [3.8, 4) is 0 Å². The second kappa shape index (κ2) is 7.62. The van der Waals surface area contributed by atoms with Crippen molar-refractivity contribution in [3.63, 3.8) is 0 Å². The number of ketones is 1. The number of hydrogen-bond acceptors (Lipinski definition) is 3. The predicted molar refractivity (Wildman–Crippen MR) is 105 cm³/mol. The van der Waals surface area contributed by atoms with Gasteiger partial charge in [-0.25, -0.2) is 0 Å². The van der Waals surface area contributed by atoms with Crippen LogP contribution in [-0.4, -0.2) is 34.8 Å². The van der Waals surface area contributed by atoms with Crippen LogP contribution in [0, 0.1) is 6.92 Å². The third-order valence-electron chi connectivity index (χ3n) is 5.76. The Morgan fingerprint density at radius 2 is 2.00 bits per heavy atom. The normalized spacial score (nSPS) is 18.7. The van der Waals surface area contributed by atoms with Crippen LogP contribution in [0.1, 0.15) is 52.1 Å². The van der Waals surface area contributed by atoms with E-state index >= 15 is 0 Å². The van der Waals surface area contributed by atoms with Gasteiger partial charge in [-0.05, 0) is 37.3 Å². The van der Waals surface area contributed by atoms with Gasteiger partial charge in [0.05, 0.1) is 6.42 Å². The van der Waals surface area contributed by atoms with Gasteiger partial charge in [0.25, 0.3) is 0 Å². The molecule has 2 aliphatic rings. The van der Waals surface area contributed by atoms with Crippen molar-refractivity contribution in [3.05, 3.63) is 58.4 Å². The molecule has 2 heterocycles. The summed E-state index contributed by atoms with van der Waals surface area (Å²) >= 11 is 0. The maximum absolute atomic E-state index is 12.7. The lowest BCUT2D eigenvalue weighted by Crippen LogP contribution is -2.41. The Morgan fingerprint density at radius 3 is 2.71 bits per heavy atom. The lowest BCUT2D eigenvalue weighted by molar-refractivity contribution is -0.127. The largest absolute Gasteiger partial charge is 0.354 e. The van der Waals surface area contributed by atoms with Crippen LogP contribution in [0.2, 0.25) is 0 Å². The quantitative estimate of drug-likeness (QED) is 0.833. The van der Waals surface area contributed by atoms with Crippen LogP contribution >= 0.6 is 0 Å². The maximum atomic E-state index is 12.7. The number of nitrogens with one attached hydrogen (secondary N) is 2. The van der Waals surface area contributed by atoms with E-state index in [4.69, 9.17) is 0 Å². The average Bonchev–Trinajstić information content (AvgIpc) is 3.20. The first-order chi connectivity index (χ1) is 13.5. The van der Waals surface area contributed by atoms with Crippen LogP contribution in [0.25, 0.3) is 0 Å². The van der Waals surface area contributed by atoms with Crippen LogP contribution < -0.4 is 10.6 Å². The molecule has 1 aromatic heterocycles. The number of fused-ring (bicyclic) bond motifs is 1. The minimum atomic E-state index is -0.467. The van der Waals surface area contributed by atoms with Crippen molar-refractivity contribution in [2.24, 2.45) is 0 Å². The second-order valence-electron chi connectivity index (χ2n) is 7.61. The standard InChI is InChI=1S/C22H25N3O3/c1-14-16(12-20(27)24-17-10-11-23-22(17)28)21-18(8-5-9-19(21)26)25(14)13-15-6-3-2-4-7-15/h2-4,6-7,17H,5,8-13H2,1H3,(H,23,28)(H,24,27)/t17-/m1/s1. The van der Waals surface area contributed by atoms with E-state index < -0.39 is 6.04 Å². The molecule has 4 rings (SSSR count). The summed E-state index contributed by atoms with van der Waals surface area (Å²) in [5, 5.41) is 5.54. The molecule has 1 saturated heterocycles. The molecule has 2 N–H and O–H groups in total. The Kier molecular flexibility index (Phi) is 5.03. The fourth-order valence-electron chi connectivity index (χ4n) is 4.32. The number of nitrogens with zero attached hydrogens (tertiary/aromatic N) is 1. The Labute approximate surface area is 164 Å². The molecule has 146 valence electrons. The van der Waals surface area contributed by atoms with Gasteiger partial charge in [0.15, 0.2) is 5.78 Å². The van der Waals surface area contributed by atoms with Crippen molar-refractivity contribution in [2.75, 3.05) is 6.54 Å². The number of amides is 2. The monoisotopic (exact) mass is 379 g/mol. The van der Waals surface area contributed by atoms with Crippen molar-refractivity contribution in [1.29, 1.82) is 0 Å². The Hall–Kier alpha value is -2.89. The average molecular weight is 379 g/mol. The van der Waals surface area contributed by atoms with Gasteiger partial charge in [0, 0.05) is 36.5 Å². The zero-order valence-corrected chi connectivity index (χ0v) is 16.1. The molecule has 0 radical (unpaired) electrons. The topological polar surface area (TPSA) is 80.2 Å². The fraction of sp³-hybridized carbons (Fsp3) is 0.409. The van der Waals surface area contributed by atoms with Gasteiger partial charge in [-0.1, -0.05) is 30.3 Å². The van der Waals surface area contributed by atoms with E-state index in [-0.39, 0.29) is 24.0 Å². The van der Waals surface area contributed by atoms with Crippen LogP contribution in [0.3, 0.4) is 0 Å². The molecule has 6 heteroatoms. The highest BCUT2D eigenvalue weighted by Gasteiger charge is 2.30.